The molecule has 1 aromatic carbocycles. The van der Waals surface area contributed by atoms with Gasteiger partial charge < -0.3 is 9.47 Å². The van der Waals surface area contributed by atoms with Gasteiger partial charge in [0.1, 0.15) is 11.9 Å². The zero-order valence-electron chi connectivity index (χ0n) is 18.6. The molecule has 1 aromatic rings. The SMILES string of the molecule is CCC(=O)Oc1ccc2c(c1)CC[C@@H]1[C@H]3CCC(OC4=CCCCC4)[C@@]3(C)CC[C@@H]21. The lowest BCUT2D eigenvalue weighted by atomic mass is 9.55. The maximum absolute atomic E-state index is 11.7. The Labute approximate surface area is 181 Å². The average Bonchev–Trinajstić information content (AvgIpc) is 3.10. The van der Waals surface area contributed by atoms with Crippen LogP contribution in [-0.2, 0) is 16.0 Å². The van der Waals surface area contributed by atoms with Gasteiger partial charge in [0.15, 0.2) is 0 Å². The van der Waals surface area contributed by atoms with Gasteiger partial charge in [0, 0.05) is 18.3 Å². The molecule has 0 bridgehead atoms. The second-order valence-electron chi connectivity index (χ2n) is 10.2. The molecule has 4 aliphatic carbocycles. The van der Waals surface area contributed by atoms with Crippen LogP contribution in [0, 0.1) is 17.3 Å². The Bertz CT molecular complexity index is 841. The van der Waals surface area contributed by atoms with E-state index in [2.05, 4.69) is 25.1 Å². The molecule has 0 heterocycles. The third kappa shape index (κ3) is 3.48. The Morgan fingerprint density at radius 1 is 1.13 bits per heavy atom. The number of allylic oxidation sites excluding steroid dienone is 2. The van der Waals surface area contributed by atoms with Crippen LogP contribution in [0.5, 0.6) is 5.75 Å². The molecule has 4 aliphatic rings. The standard InChI is InChI=1S/C27H36O3/c1-3-26(28)30-20-10-12-21-18(17-20)9-11-23-22(21)15-16-27(2)24(23)13-14-25(27)29-19-7-5-4-6-8-19/h7,10,12,17,22-25H,3-6,8-9,11,13-16H2,1-2H3/t22-,23-,24+,25?,27-/m0/s1. The van der Waals surface area contributed by atoms with Crippen molar-refractivity contribution >= 4 is 5.97 Å². The zero-order valence-corrected chi connectivity index (χ0v) is 18.6. The monoisotopic (exact) mass is 408 g/mol. The minimum atomic E-state index is -0.151. The maximum Gasteiger partial charge on any atom is 0.310 e. The van der Waals surface area contributed by atoms with Gasteiger partial charge in [-0.1, -0.05) is 19.9 Å². The molecule has 3 heteroatoms. The lowest BCUT2D eigenvalue weighted by Crippen LogP contribution is -2.44. The molecule has 30 heavy (non-hydrogen) atoms. The van der Waals surface area contributed by atoms with Crippen LogP contribution in [-0.4, -0.2) is 12.1 Å². The van der Waals surface area contributed by atoms with E-state index in [4.69, 9.17) is 9.47 Å². The first-order valence-corrected chi connectivity index (χ1v) is 12.3. The number of ether oxygens (including phenoxy) is 2. The fraction of sp³-hybridized carbons (Fsp3) is 0.667. The van der Waals surface area contributed by atoms with E-state index in [0.717, 1.165) is 30.4 Å². The van der Waals surface area contributed by atoms with Gasteiger partial charge in [0.2, 0.25) is 0 Å². The first-order valence-electron chi connectivity index (χ1n) is 12.3. The van der Waals surface area contributed by atoms with E-state index in [-0.39, 0.29) is 5.97 Å². The summed E-state index contributed by atoms with van der Waals surface area (Å²) >= 11 is 0. The number of aryl methyl sites for hydroxylation is 1. The molecule has 0 saturated heterocycles. The van der Waals surface area contributed by atoms with Gasteiger partial charge in [0.05, 0.1) is 5.76 Å². The van der Waals surface area contributed by atoms with Crippen LogP contribution < -0.4 is 4.74 Å². The Morgan fingerprint density at radius 3 is 2.83 bits per heavy atom. The largest absolute Gasteiger partial charge is 0.495 e. The van der Waals surface area contributed by atoms with E-state index in [0.29, 0.717) is 23.9 Å². The fourth-order valence-electron chi connectivity index (χ4n) is 7.07. The number of hydrogen-bond acceptors (Lipinski definition) is 3. The molecule has 0 aromatic heterocycles. The van der Waals surface area contributed by atoms with Crippen molar-refractivity contribution in [3.63, 3.8) is 0 Å². The molecule has 3 nitrogen and oxygen atoms in total. The van der Waals surface area contributed by atoms with E-state index < -0.39 is 0 Å². The summed E-state index contributed by atoms with van der Waals surface area (Å²) in [5, 5.41) is 0. The molecule has 5 atom stereocenters. The van der Waals surface area contributed by atoms with Crippen LogP contribution in [0.4, 0.5) is 0 Å². The number of carbonyl (C=O) groups is 1. The molecule has 0 aliphatic heterocycles. The van der Waals surface area contributed by atoms with Gasteiger partial charge in [-0.3, -0.25) is 4.79 Å². The van der Waals surface area contributed by atoms with Crippen molar-refractivity contribution in [1.29, 1.82) is 0 Å². The fourth-order valence-corrected chi connectivity index (χ4v) is 7.07. The summed E-state index contributed by atoms with van der Waals surface area (Å²) in [4.78, 5) is 11.7. The van der Waals surface area contributed by atoms with Gasteiger partial charge in [-0.15, -0.1) is 0 Å². The van der Waals surface area contributed by atoms with Crippen LogP contribution in [0.15, 0.2) is 30.0 Å². The molecule has 0 radical (unpaired) electrons. The van der Waals surface area contributed by atoms with Crippen LogP contribution in [0.2, 0.25) is 0 Å². The Kier molecular flexibility index (Phi) is 5.41. The highest BCUT2D eigenvalue weighted by Crippen LogP contribution is 2.62. The summed E-state index contributed by atoms with van der Waals surface area (Å²) in [6, 6.07) is 6.39. The predicted molar refractivity (Wildman–Crippen MR) is 118 cm³/mol. The number of carbonyl (C=O) groups excluding carboxylic acids is 1. The van der Waals surface area contributed by atoms with Gasteiger partial charge >= 0.3 is 5.97 Å². The zero-order chi connectivity index (χ0) is 20.7. The highest BCUT2D eigenvalue weighted by atomic mass is 16.5. The van der Waals surface area contributed by atoms with Crippen molar-refractivity contribution in [2.45, 2.75) is 96.5 Å². The molecule has 0 spiro atoms. The van der Waals surface area contributed by atoms with Crippen LogP contribution in [0.3, 0.4) is 0 Å². The van der Waals surface area contributed by atoms with Crippen molar-refractivity contribution in [3.8, 4) is 5.75 Å². The molecule has 1 unspecified atom stereocenters. The number of rotatable bonds is 4. The topological polar surface area (TPSA) is 35.5 Å². The van der Waals surface area contributed by atoms with Crippen LogP contribution in [0.25, 0.3) is 0 Å². The lowest BCUT2D eigenvalue weighted by Gasteiger charge is -2.50. The van der Waals surface area contributed by atoms with Crippen molar-refractivity contribution < 1.29 is 14.3 Å². The number of benzene rings is 1. The molecular weight excluding hydrogens is 372 g/mol. The van der Waals surface area contributed by atoms with E-state index >= 15 is 0 Å². The highest BCUT2D eigenvalue weighted by Gasteiger charge is 2.55. The minimum absolute atomic E-state index is 0.151. The van der Waals surface area contributed by atoms with E-state index in [1.165, 1.54) is 68.3 Å². The van der Waals surface area contributed by atoms with E-state index in [1.807, 2.05) is 13.0 Å². The van der Waals surface area contributed by atoms with Gasteiger partial charge in [-0.25, -0.2) is 0 Å². The van der Waals surface area contributed by atoms with Crippen LogP contribution in [0.1, 0.15) is 95.1 Å². The molecule has 162 valence electrons. The third-order valence-corrected chi connectivity index (χ3v) is 8.67. The third-order valence-electron chi connectivity index (χ3n) is 8.67. The van der Waals surface area contributed by atoms with Gasteiger partial charge in [0.25, 0.3) is 0 Å². The van der Waals surface area contributed by atoms with Crippen LogP contribution >= 0.6 is 0 Å². The minimum Gasteiger partial charge on any atom is -0.495 e. The average molecular weight is 409 g/mol. The second-order valence-corrected chi connectivity index (χ2v) is 10.2. The summed E-state index contributed by atoms with van der Waals surface area (Å²) in [5.41, 5.74) is 3.25. The number of hydrogen-bond donors (Lipinski definition) is 0. The Hall–Kier alpha value is -1.77. The molecule has 0 amide bonds. The summed E-state index contributed by atoms with van der Waals surface area (Å²) < 4.78 is 12.1. The molecular formula is C27H36O3. The smallest absolute Gasteiger partial charge is 0.310 e. The summed E-state index contributed by atoms with van der Waals surface area (Å²) in [6.45, 7) is 4.37. The summed E-state index contributed by atoms with van der Waals surface area (Å²) in [6.07, 6.45) is 15.6. The van der Waals surface area contributed by atoms with Crippen molar-refractivity contribution in [1.82, 2.24) is 0 Å². The quantitative estimate of drug-likeness (QED) is 0.411. The summed E-state index contributed by atoms with van der Waals surface area (Å²) in [5.74, 6) is 4.05. The van der Waals surface area contributed by atoms with E-state index in [9.17, 15) is 4.79 Å². The Balaban J connectivity index is 1.33. The molecule has 5 rings (SSSR count). The van der Waals surface area contributed by atoms with Crippen molar-refractivity contribution in [2.24, 2.45) is 17.3 Å². The molecule has 0 N–H and O–H groups in total. The first kappa shape index (κ1) is 20.2. The Morgan fingerprint density at radius 2 is 2.03 bits per heavy atom. The second kappa shape index (κ2) is 8.05. The number of esters is 1. The van der Waals surface area contributed by atoms with Crippen molar-refractivity contribution in [2.75, 3.05) is 0 Å². The first-order chi connectivity index (χ1) is 14.6. The lowest BCUT2D eigenvalue weighted by molar-refractivity contribution is -0.134. The normalized spacial score (nSPS) is 34.9. The summed E-state index contributed by atoms with van der Waals surface area (Å²) in [7, 11) is 0. The van der Waals surface area contributed by atoms with Crippen molar-refractivity contribution in [3.05, 3.63) is 41.2 Å². The van der Waals surface area contributed by atoms with E-state index in [1.54, 1.807) is 0 Å². The van der Waals surface area contributed by atoms with Gasteiger partial charge in [-0.2, -0.15) is 0 Å². The number of fused-ring (bicyclic) bond motifs is 5. The maximum atomic E-state index is 11.7. The highest BCUT2D eigenvalue weighted by molar-refractivity contribution is 5.72. The molecule has 2 fully saturated rings. The molecule has 2 saturated carbocycles. The predicted octanol–water partition coefficient (Wildman–Crippen LogP) is 6.70. The van der Waals surface area contributed by atoms with Gasteiger partial charge in [-0.05, 0) is 105 Å².